The molecular formula is C11H23N3. The zero-order valence-corrected chi connectivity index (χ0v) is 10.0. The van der Waals surface area contributed by atoms with E-state index in [1.54, 1.807) is 0 Å². The van der Waals surface area contributed by atoms with E-state index < -0.39 is 0 Å². The van der Waals surface area contributed by atoms with Crippen LogP contribution in [0.15, 0.2) is 0 Å². The normalized spacial score (nSPS) is 15.6. The van der Waals surface area contributed by atoms with Gasteiger partial charge in [0, 0.05) is 18.6 Å². The van der Waals surface area contributed by atoms with E-state index in [0.717, 1.165) is 13.0 Å². The quantitative estimate of drug-likeness (QED) is 0.703. The first-order chi connectivity index (χ1) is 6.51. The van der Waals surface area contributed by atoms with Crippen molar-refractivity contribution in [2.75, 3.05) is 13.6 Å². The first-order valence-corrected chi connectivity index (χ1v) is 5.37. The molecule has 0 fully saturated rings. The highest BCUT2D eigenvalue weighted by atomic mass is 15.1. The first kappa shape index (κ1) is 13.4. The summed E-state index contributed by atoms with van der Waals surface area (Å²) in [6.07, 6.45) is 1.12. The number of nitriles is 1. The van der Waals surface area contributed by atoms with Crippen LogP contribution in [0.1, 0.15) is 34.1 Å². The number of hydrogen-bond donors (Lipinski definition) is 1. The predicted molar refractivity (Wildman–Crippen MR) is 60.1 cm³/mol. The van der Waals surface area contributed by atoms with E-state index in [-0.39, 0.29) is 6.04 Å². The molecule has 1 N–H and O–H groups in total. The fourth-order valence-electron chi connectivity index (χ4n) is 1.31. The van der Waals surface area contributed by atoms with E-state index in [4.69, 9.17) is 5.26 Å². The van der Waals surface area contributed by atoms with Gasteiger partial charge in [-0.2, -0.15) is 5.26 Å². The molecule has 2 atom stereocenters. The molecule has 0 aliphatic carbocycles. The van der Waals surface area contributed by atoms with Crippen molar-refractivity contribution in [3.8, 4) is 6.07 Å². The molecule has 82 valence electrons. The van der Waals surface area contributed by atoms with Gasteiger partial charge in [0.15, 0.2) is 0 Å². The third kappa shape index (κ3) is 5.21. The molecule has 0 saturated heterocycles. The molecule has 0 aliphatic rings. The largest absolute Gasteiger partial charge is 0.301 e. The molecule has 0 bridgehead atoms. The van der Waals surface area contributed by atoms with Gasteiger partial charge >= 0.3 is 0 Å². The highest BCUT2D eigenvalue weighted by Crippen LogP contribution is 2.01. The smallest absolute Gasteiger partial charge is 0.108 e. The van der Waals surface area contributed by atoms with E-state index in [2.05, 4.69) is 51.0 Å². The van der Waals surface area contributed by atoms with Crippen molar-refractivity contribution in [1.29, 1.82) is 5.26 Å². The average molecular weight is 197 g/mol. The summed E-state index contributed by atoms with van der Waals surface area (Å²) in [6.45, 7) is 9.27. The molecule has 0 aliphatic heterocycles. The van der Waals surface area contributed by atoms with Gasteiger partial charge < -0.3 is 4.90 Å². The Bertz CT molecular complexity index is 183. The lowest BCUT2D eigenvalue weighted by Crippen LogP contribution is -2.44. The Labute approximate surface area is 88.1 Å². The van der Waals surface area contributed by atoms with Gasteiger partial charge in [0.2, 0.25) is 0 Å². The van der Waals surface area contributed by atoms with Crippen molar-refractivity contribution in [2.24, 2.45) is 0 Å². The van der Waals surface area contributed by atoms with E-state index in [0.29, 0.717) is 12.1 Å². The summed E-state index contributed by atoms with van der Waals surface area (Å²) in [7, 11) is 2.07. The van der Waals surface area contributed by atoms with Crippen molar-refractivity contribution >= 4 is 0 Å². The van der Waals surface area contributed by atoms with Crippen molar-refractivity contribution in [2.45, 2.75) is 52.2 Å². The average Bonchev–Trinajstić information content (AvgIpc) is 2.14. The molecule has 2 unspecified atom stereocenters. The number of hydrogen-bond acceptors (Lipinski definition) is 3. The second-order valence-corrected chi connectivity index (χ2v) is 4.20. The highest BCUT2D eigenvalue weighted by Gasteiger charge is 2.14. The van der Waals surface area contributed by atoms with Crippen LogP contribution < -0.4 is 5.32 Å². The number of likely N-dealkylation sites (N-methyl/N-ethyl adjacent to an activating group) is 1. The Hall–Kier alpha value is -0.590. The molecule has 0 aromatic heterocycles. The molecular weight excluding hydrogens is 174 g/mol. The molecule has 0 aromatic carbocycles. The molecule has 0 amide bonds. The summed E-state index contributed by atoms with van der Waals surface area (Å²) in [5, 5.41) is 12.2. The number of nitrogens with zero attached hydrogens (tertiary/aromatic N) is 2. The summed E-state index contributed by atoms with van der Waals surface area (Å²) < 4.78 is 0. The SMILES string of the molecule is CCC(C)N(C)CC(C#N)NC(C)C. The predicted octanol–water partition coefficient (Wildman–Crippen LogP) is 1.61. The standard InChI is InChI=1S/C11H23N3/c1-6-10(4)14(5)8-11(7-12)13-9(2)3/h9-11,13H,6,8H2,1-5H3. The first-order valence-electron chi connectivity index (χ1n) is 5.37. The van der Waals surface area contributed by atoms with E-state index in [1.165, 1.54) is 0 Å². The van der Waals surface area contributed by atoms with E-state index >= 15 is 0 Å². The topological polar surface area (TPSA) is 39.1 Å². The minimum absolute atomic E-state index is 0.0611. The van der Waals surface area contributed by atoms with Gasteiger partial charge in [-0.25, -0.2) is 0 Å². The van der Waals surface area contributed by atoms with Gasteiger partial charge in [-0.05, 0) is 34.2 Å². The molecule has 0 radical (unpaired) electrons. The highest BCUT2D eigenvalue weighted by molar-refractivity contribution is 4.93. The van der Waals surface area contributed by atoms with Gasteiger partial charge in [-0.3, -0.25) is 5.32 Å². The van der Waals surface area contributed by atoms with Crippen LogP contribution in [-0.2, 0) is 0 Å². The van der Waals surface area contributed by atoms with Crippen LogP contribution in [-0.4, -0.2) is 36.6 Å². The Kier molecular flexibility index (Phi) is 6.52. The van der Waals surface area contributed by atoms with Crippen molar-refractivity contribution in [1.82, 2.24) is 10.2 Å². The van der Waals surface area contributed by atoms with Gasteiger partial charge in [-0.15, -0.1) is 0 Å². The van der Waals surface area contributed by atoms with Gasteiger partial charge in [0.1, 0.15) is 6.04 Å². The third-order valence-corrected chi connectivity index (χ3v) is 2.50. The summed E-state index contributed by atoms with van der Waals surface area (Å²) in [5.41, 5.74) is 0. The van der Waals surface area contributed by atoms with E-state index in [1.807, 2.05) is 0 Å². The van der Waals surface area contributed by atoms with Crippen LogP contribution in [0.25, 0.3) is 0 Å². The fourth-order valence-corrected chi connectivity index (χ4v) is 1.31. The molecule has 3 nitrogen and oxygen atoms in total. The minimum atomic E-state index is -0.0611. The second-order valence-electron chi connectivity index (χ2n) is 4.20. The zero-order chi connectivity index (χ0) is 11.1. The lowest BCUT2D eigenvalue weighted by Gasteiger charge is -2.26. The molecule has 0 heterocycles. The van der Waals surface area contributed by atoms with Gasteiger partial charge in [0.05, 0.1) is 6.07 Å². The maximum absolute atomic E-state index is 8.94. The minimum Gasteiger partial charge on any atom is -0.301 e. The number of rotatable bonds is 6. The van der Waals surface area contributed by atoms with Crippen LogP contribution in [0.5, 0.6) is 0 Å². The van der Waals surface area contributed by atoms with Crippen LogP contribution in [0.4, 0.5) is 0 Å². The summed E-state index contributed by atoms with van der Waals surface area (Å²) in [4.78, 5) is 2.23. The van der Waals surface area contributed by atoms with E-state index in [9.17, 15) is 0 Å². The third-order valence-electron chi connectivity index (χ3n) is 2.50. The lowest BCUT2D eigenvalue weighted by atomic mass is 10.2. The van der Waals surface area contributed by atoms with Gasteiger partial charge in [-0.1, -0.05) is 6.92 Å². The number of nitrogens with one attached hydrogen (secondary N) is 1. The summed E-state index contributed by atoms with van der Waals surface area (Å²) >= 11 is 0. The molecule has 0 rings (SSSR count). The van der Waals surface area contributed by atoms with Crippen LogP contribution in [0.2, 0.25) is 0 Å². The summed E-state index contributed by atoms with van der Waals surface area (Å²) in [5.74, 6) is 0. The molecule has 0 aromatic rings. The molecule has 0 spiro atoms. The maximum atomic E-state index is 8.94. The van der Waals surface area contributed by atoms with Crippen molar-refractivity contribution in [3.05, 3.63) is 0 Å². The monoisotopic (exact) mass is 197 g/mol. The summed E-state index contributed by atoms with van der Waals surface area (Å²) in [6, 6.07) is 3.14. The molecule has 0 saturated carbocycles. The van der Waals surface area contributed by atoms with Crippen LogP contribution in [0.3, 0.4) is 0 Å². The Balaban J connectivity index is 3.99. The molecule has 3 heteroatoms. The molecule has 14 heavy (non-hydrogen) atoms. The Morgan fingerprint density at radius 3 is 2.29 bits per heavy atom. The van der Waals surface area contributed by atoms with Crippen molar-refractivity contribution < 1.29 is 0 Å². The second kappa shape index (κ2) is 6.80. The maximum Gasteiger partial charge on any atom is 0.108 e. The lowest BCUT2D eigenvalue weighted by molar-refractivity contribution is 0.234. The van der Waals surface area contributed by atoms with Crippen molar-refractivity contribution in [3.63, 3.8) is 0 Å². The fraction of sp³-hybridized carbons (Fsp3) is 0.909. The van der Waals surface area contributed by atoms with Crippen LogP contribution >= 0.6 is 0 Å². The Morgan fingerprint density at radius 1 is 1.36 bits per heavy atom. The van der Waals surface area contributed by atoms with Crippen LogP contribution in [0, 0.1) is 11.3 Å². The Morgan fingerprint density at radius 2 is 1.93 bits per heavy atom. The van der Waals surface area contributed by atoms with Gasteiger partial charge in [0.25, 0.3) is 0 Å². The zero-order valence-electron chi connectivity index (χ0n) is 10.0.